The van der Waals surface area contributed by atoms with Gasteiger partial charge in [0.15, 0.2) is 0 Å². The minimum absolute atomic E-state index is 0.219. The summed E-state index contributed by atoms with van der Waals surface area (Å²) in [7, 11) is 1.78. The summed E-state index contributed by atoms with van der Waals surface area (Å²) >= 11 is 7.14. The number of hydrogen-bond acceptors (Lipinski definition) is 8. The summed E-state index contributed by atoms with van der Waals surface area (Å²) in [4.78, 5) is 52.7. The Kier molecular flexibility index (Phi) is 7.92. The number of nitrogens with two attached hydrogens (primary N) is 1. The molecule has 1 aromatic carbocycles. The Hall–Kier alpha value is -4.13. The number of halogens is 1. The molecule has 2 aliphatic heterocycles. The topological polar surface area (TPSA) is 133 Å². The molecule has 3 aromatic rings. The molecule has 1 fully saturated rings. The Morgan fingerprint density at radius 3 is 2.58 bits per heavy atom. The molecule has 0 aliphatic carbocycles. The van der Waals surface area contributed by atoms with Crippen LogP contribution < -0.4 is 27.0 Å². The number of primary amides is 1. The van der Waals surface area contributed by atoms with Crippen molar-refractivity contribution in [2.45, 2.75) is 12.8 Å². The zero-order valence-electron chi connectivity index (χ0n) is 21.7. The van der Waals surface area contributed by atoms with Crippen LogP contribution in [0.1, 0.15) is 32.9 Å². The van der Waals surface area contributed by atoms with E-state index in [4.69, 9.17) is 17.3 Å². The number of nitrogens with one attached hydrogen (secondary N) is 2. The lowest BCUT2D eigenvalue weighted by atomic mass is 9.95. The van der Waals surface area contributed by atoms with Crippen LogP contribution in [0.4, 0.5) is 5.69 Å². The van der Waals surface area contributed by atoms with Crippen molar-refractivity contribution < 1.29 is 14.4 Å². The average molecular weight is 582 g/mol. The predicted molar refractivity (Wildman–Crippen MR) is 153 cm³/mol. The molecule has 1 saturated heterocycles. The van der Waals surface area contributed by atoms with Crippen molar-refractivity contribution in [2.75, 3.05) is 31.7 Å². The largest absolute Gasteiger partial charge is 0.369 e. The van der Waals surface area contributed by atoms with E-state index in [1.807, 2.05) is 0 Å². The van der Waals surface area contributed by atoms with Crippen LogP contribution in [-0.4, -0.2) is 59.0 Å². The van der Waals surface area contributed by atoms with Crippen LogP contribution in [0, 0.1) is 5.92 Å². The van der Waals surface area contributed by atoms with Gasteiger partial charge >= 0.3 is 0 Å². The molecule has 0 radical (unpaired) electrons. The fraction of sp³-hybridized carbons (Fsp3) is 0.259. The maximum absolute atomic E-state index is 13.9. The molecule has 2 aromatic heterocycles. The van der Waals surface area contributed by atoms with Gasteiger partial charge in [-0.25, -0.2) is 0 Å². The summed E-state index contributed by atoms with van der Waals surface area (Å²) in [6.45, 7) is 1.02. The maximum Gasteiger partial charge on any atom is 0.261 e. The summed E-state index contributed by atoms with van der Waals surface area (Å²) < 4.78 is 2.01. The van der Waals surface area contributed by atoms with E-state index >= 15 is 0 Å². The number of piperidine rings is 1. The van der Waals surface area contributed by atoms with Gasteiger partial charge in [-0.05, 0) is 49.2 Å². The van der Waals surface area contributed by atoms with E-state index in [2.05, 4.69) is 10.7 Å². The third-order valence-electron chi connectivity index (χ3n) is 6.89. The third kappa shape index (κ3) is 5.74. The van der Waals surface area contributed by atoms with Crippen molar-refractivity contribution in [2.24, 2.45) is 11.7 Å². The van der Waals surface area contributed by atoms with Gasteiger partial charge < -0.3 is 21.4 Å². The highest BCUT2D eigenvalue weighted by Crippen LogP contribution is 2.30. The van der Waals surface area contributed by atoms with Crippen LogP contribution in [-0.2, 0) is 4.79 Å². The zero-order valence-corrected chi connectivity index (χ0v) is 23.2. The van der Waals surface area contributed by atoms with Crippen molar-refractivity contribution >= 4 is 46.3 Å². The molecule has 4 heterocycles. The van der Waals surface area contributed by atoms with E-state index in [9.17, 15) is 19.2 Å². The number of likely N-dealkylation sites (tertiary alicyclic amines) is 1. The monoisotopic (exact) mass is 581 g/mol. The number of hydrazine groups is 2. The Morgan fingerprint density at radius 2 is 1.90 bits per heavy atom. The first kappa shape index (κ1) is 27.4. The smallest absolute Gasteiger partial charge is 0.261 e. The lowest BCUT2D eigenvalue weighted by molar-refractivity contribution is -0.123. The number of aromatic nitrogens is 1. The first-order chi connectivity index (χ1) is 19.2. The molecule has 0 spiro atoms. The molecule has 208 valence electrons. The second kappa shape index (κ2) is 11.5. The van der Waals surface area contributed by atoms with Gasteiger partial charge in [-0.1, -0.05) is 17.7 Å². The van der Waals surface area contributed by atoms with Crippen molar-refractivity contribution in [3.63, 3.8) is 0 Å². The summed E-state index contributed by atoms with van der Waals surface area (Å²) in [6, 6.07) is 13.4. The zero-order chi connectivity index (χ0) is 28.4. The van der Waals surface area contributed by atoms with Gasteiger partial charge in [0.25, 0.3) is 17.4 Å². The molecular formula is C27H28ClN7O4S. The van der Waals surface area contributed by atoms with E-state index in [-0.39, 0.29) is 35.7 Å². The minimum Gasteiger partial charge on any atom is -0.369 e. The van der Waals surface area contributed by atoms with E-state index in [0.29, 0.717) is 57.8 Å². The summed E-state index contributed by atoms with van der Waals surface area (Å²) in [6.07, 6.45) is 4.44. The summed E-state index contributed by atoms with van der Waals surface area (Å²) in [5, 5.41) is 6.33. The number of anilines is 1. The number of carbonyl (C=O) groups excluding carboxylic acids is 3. The Balaban J connectivity index is 1.43. The number of carbonyl (C=O) groups is 3. The van der Waals surface area contributed by atoms with Gasteiger partial charge in [-0.2, -0.15) is 0 Å². The Labute approximate surface area is 239 Å². The fourth-order valence-corrected chi connectivity index (χ4v) is 5.72. The molecule has 0 bridgehead atoms. The minimum atomic E-state index is -0.352. The predicted octanol–water partition coefficient (Wildman–Crippen LogP) is 2.33. The van der Waals surface area contributed by atoms with Gasteiger partial charge in [0, 0.05) is 50.2 Å². The quantitative estimate of drug-likeness (QED) is 0.390. The van der Waals surface area contributed by atoms with E-state index in [1.54, 1.807) is 76.9 Å². The second-order valence-electron chi connectivity index (χ2n) is 9.50. The van der Waals surface area contributed by atoms with Gasteiger partial charge in [0.2, 0.25) is 5.91 Å². The standard InChI is InChI=1S/C27H28ClN7O4S/c1-32-31-18(15-30-26(38)22-7-8-23(28)40-22)16-35(32)21-6-5-19(34-11-3-2-4-24(34)36)14-20(21)27(39)33-12-9-17(10-13-33)25(29)37/h2-8,11,14,16-17,31H,9-10,12-13,15H2,1H3,(H2,29,37)(H,30,38). The molecular weight excluding hydrogens is 554 g/mol. The molecule has 0 atom stereocenters. The lowest BCUT2D eigenvalue weighted by Crippen LogP contribution is -2.43. The van der Waals surface area contributed by atoms with Crippen molar-refractivity contribution in [3.05, 3.63) is 91.8 Å². The average Bonchev–Trinajstić information content (AvgIpc) is 3.56. The number of hydrogen-bond donors (Lipinski definition) is 3. The number of thiophene rings is 1. The summed E-state index contributed by atoms with van der Waals surface area (Å²) in [5.41, 5.74) is 10.6. The first-order valence-corrected chi connectivity index (χ1v) is 13.8. The molecule has 3 amide bonds. The first-order valence-electron chi connectivity index (χ1n) is 12.7. The molecule has 40 heavy (non-hydrogen) atoms. The van der Waals surface area contributed by atoms with Crippen LogP contribution in [0.15, 0.2) is 71.4 Å². The lowest BCUT2D eigenvalue weighted by Gasteiger charge is -2.33. The summed E-state index contributed by atoms with van der Waals surface area (Å²) in [5.74, 6) is -1.07. The molecule has 0 unspecified atom stereocenters. The second-order valence-corrected chi connectivity index (χ2v) is 11.2. The van der Waals surface area contributed by atoms with Gasteiger partial charge in [-0.3, -0.25) is 28.8 Å². The molecule has 4 N–H and O–H groups in total. The Bertz CT molecular complexity index is 1540. The van der Waals surface area contributed by atoms with E-state index in [1.165, 1.54) is 22.0 Å². The molecule has 2 aliphatic rings. The Morgan fingerprint density at radius 1 is 1.12 bits per heavy atom. The van der Waals surface area contributed by atoms with Gasteiger partial charge in [0.1, 0.15) is 0 Å². The van der Waals surface area contributed by atoms with Crippen LogP contribution in [0.25, 0.3) is 5.69 Å². The third-order valence-corrected chi connectivity index (χ3v) is 8.12. The van der Waals surface area contributed by atoms with Crippen LogP contribution >= 0.6 is 22.9 Å². The number of rotatable bonds is 7. The van der Waals surface area contributed by atoms with Crippen LogP contribution in [0.5, 0.6) is 0 Å². The molecule has 0 saturated carbocycles. The highest BCUT2D eigenvalue weighted by atomic mass is 35.5. The number of benzene rings is 1. The van der Waals surface area contributed by atoms with Crippen molar-refractivity contribution in [1.82, 2.24) is 25.3 Å². The van der Waals surface area contributed by atoms with Crippen LogP contribution in [0.3, 0.4) is 0 Å². The highest BCUT2D eigenvalue weighted by Gasteiger charge is 2.30. The fourth-order valence-electron chi connectivity index (χ4n) is 4.76. The van der Waals surface area contributed by atoms with Crippen molar-refractivity contribution in [1.29, 1.82) is 0 Å². The molecule has 13 heteroatoms. The SMILES string of the molecule is CN1NC(CNC(=O)c2ccc(Cl)s2)=CN1c1ccc(-n2ccccc2=O)cc1C(=O)N1CCC(C(N)=O)CC1. The molecule has 5 rings (SSSR count). The normalized spacial score (nSPS) is 16.0. The van der Waals surface area contributed by atoms with Gasteiger partial charge in [-0.15, -0.1) is 16.5 Å². The van der Waals surface area contributed by atoms with Crippen LogP contribution in [0.2, 0.25) is 4.34 Å². The highest BCUT2D eigenvalue weighted by molar-refractivity contribution is 7.18. The van der Waals surface area contributed by atoms with E-state index in [0.717, 1.165) is 0 Å². The van der Waals surface area contributed by atoms with Crippen molar-refractivity contribution in [3.8, 4) is 5.69 Å². The van der Waals surface area contributed by atoms with E-state index < -0.39 is 0 Å². The maximum atomic E-state index is 13.9. The van der Waals surface area contributed by atoms with Gasteiger partial charge in [0.05, 0.1) is 32.7 Å². The number of nitrogens with zero attached hydrogens (tertiary/aromatic N) is 4. The number of pyridine rings is 1. The number of amides is 3. The molecule has 11 nitrogen and oxygen atoms in total.